The summed E-state index contributed by atoms with van der Waals surface area (Å²) in [6.07, 6.45) is 2.62. The van der Waals surface area contributed by atoms with E-state index in [1.165, 1.54) is 18.2 Å². The van der Waals surface area contributed by atoms with Gasteiger partial charge in [-0.1, -0.05) is 29.3 Å². The van der Waals surface area contributed by atoms with Crippen LogP contribution in [-0.2, 0) is 4.79 Å². The predicted molar refractivity (Wildman–Crippen MR) is 114 cm³/mol. The summed E-state index contributed by atoms with van der Waals surface area (Å²) in [5.74, 6) is -1.23. The van der Waals surface area contributed by atoms with Gasteiger partial charge < -0.3 is 9.73 Å². The molecular weight excluding hydrogens is 441 g/mol. The summed E-state index contributed by atoms with van der Waals surface area (Å²) in [6, 6.07) is 11.4. The lowest BCUT2D eigenvalue weighted by molar-refractivity contribution is -0.115. The number of rotatable bonds is 4. The molecule has 0 saturated carbocycles. The molecule has 0 aliphatic carbocycles. The molecule has 0 radical (unpaired) electrons. The highest BCUT2D eigenvalue weighted by molar-refractivity contribution is 7.80. The highest BCUT2D eigenvalue weighted by atomic mass is 35.5. The van der Waals surface area contributed by atoms with Crippen LogP contribution in [0.3, 0.4) is 0 Å². The smallest absolute Gasteiger partial charge is 0.250 e. The minimum Gasteiger partial charge on any atom is -0.457 e. The van der Waals surface area contributed by atoms with Gasteiger partial charge in [-0.15, -0.1) is 0 Å². The Morgan fingerprint density at radius 1 is 1.10 bits per heavy atom. The van der Waals surface area contributed by atoms with Crippen molar-refractivity contribution in [2.75, 3.05) is 5.32 Å². The van der Waals surface area contributed by atoms with E-state index in [0.717, 1.165) is 6.07 Å². The second-order valence-electron chi connectivity index (χ2n) is 5.70. The fourth-order valence-corrected chi connectivity index (χ4v) is 2.94. The van der Waals surface area contributed by atoms with Crippen molar-refractivity contribution in [1.29, 1.82) is 0 Å². The van der Waals surface area contributed by atoms with Crippen molar-refractivity contribution in [3.63, 3.8) is 0 Å². The molecule has 0 saturated heterocycles. The van der Waals surface area contributed by atoms with E-state index in [-0.39, 0.29) is 10.8 Å². The molecular formula is C20H12Cl2F2N2O2S. The van der Waals surface area contributed by atoms with Gasteiger partial charge in [0.05, 0.1) is 15.7 Å². The van der Waals surface area contributed by atoms with Crippen LogP contribution in [0.1, 0.15) is 5.76 Å². The molecule has 1 amide bonds. The number of nitrogens with one attached hydrogen (secondary N) is 2. The molecule has 3 aromatic rings. The number of carbonyl (C=O) groups excluding carboxylic acids is 1. The molecule has 4 nitrogen and oxygen atoms in total. The summed E-state index contributed by atoms with van der Waals surface area (Å²) in [6.45, 7) is 0. The van der Waals surface area contributed by atoms with Gasteiger partial charge >= 0.3 is 0 Å². The average molecular weight is 453 g/mol. The Morgan fingerprint density at radius 3 is 2.66 bits per heavy atom. The lowest BCUT2D eigenvalue weighted by Crippen LogP contribution is -2.33. The summed E-state index contributed by atoms with van der Waals surface area (Å²) in [7, 11) is 0. The van der Waals surface area contributed by atoms with Crippen LogP contribution in [0.15, 0.2) is 59.0 Å². The molecule has 2 aromatic carbocycles. The molecule has 0 spiro atoms. The van der Waals surface area contributed by atoms with Crippen LogP contribution in [-0.4, -0.2) is 11.0 Å². The maximum atomic E-state index is 13.6. The van der Waals surface area contributed by atoms with Crippen LogP contribution in [0.4, 0.5) is 14.5 Å². The number of hydrogen-bond acceptors (Lipinski definition) is 3. The number of benzene rings is 2. The van der Waals surface area contributed by atoms with Gasteiger partial charge in [-0.25, -0.2) is 8.78 Å². The Hall–Kier alpha value is -2.74. The Kier molecular flexibility index (Phi) is 6.64. The number of thiocarbonyl (C=S) groups is 1. The third kappa shape index (κ3) is 5.41. The monoisotopic (exact) mass is 452 g/mol. The SMILES string of the molecule is O=C(C=Cc1ccc(-c2cccc(Cl)c2Cl)o1)NC(=S)Nc1ccc(F)cc1F. The number of hydrogen-bond donors (Lipinski definition) is 2. The van der Waals surface area contributed by atoms with E-state index in [1.54, 1.807) is 30.3 Å². The molecule has 148 valence electrons. The molecule has 0 unspecified atom stereocenters. The maximum Gasteiger partial charge on any atom is 0.250 e. The first kappa shape index (κ1) is 21.0. The third-order valence-corrected chi connectivity index (χ3v) is 4.68. The van der Waals surface area contributed by atoms with Gasteiger partial charge in [0.15, 0.2) is 5.11 Å². The van der Waals surface area contributed by atoms with Crippen LogP contribution < -0.4 is 10.6 Å². The lowest BCUT2D eigenvalue weighted by atomic mass is 10.2. The van der Waals surface area contributed by atoms with Crippen LogP contribution >= 0.6 is 35.4 Å². The Labute approximate surface area is 180 Å². The van der Waals surface area contributed by atoms with Gasteiger partial charge in [-0.2, -0.15) is 0 Å². The minimum absolute atomic E-state index is 0.0604. The normalized spacial score (nSPS) is 10.9. The third-order valence-electron chi connectivity index (χ3n) is 3.66. The van der Waals surface area contributed by atoms with Gasteiger partial charge in [-0.3, -0.25) is 10.1 Å². The molecule has 1 heterocycles. The van der Waals surface area contributed by atoms with Crippen molar-refractivity contribution in [2.45, 2.75) is 0 Å². The zero-order valence-corrected chi connectivity index (χ0v) is 16.8. The van der Waals surface area contributed by atoms with Gasteiger partial charge in [0.1, 0.15) is 23.2 Å². The van der Waals surface area contributed by atoms with Crippen molar-refractivity contribution in [2.24, 2.45) is 0 Å². The van der Waals surface area contributed by atoms with E-state index in [2.05, 4.69) is 10.6 Å². The molecule has 9 heteroatoms. The van der Waals surface area contributed by atoms with Crippen molar-refractivity contribution < 1.29 is 18.0 Å². The fourth-order valence-electron chi connectivity index (χ4n) is 2.34. The van der Waals surface area contributed by atoms with E-state index in [0.29, 0.717) is 33.2 Å². The summed E-state index contributed by atoms with van der Waals surface area (Å²) >= 11 is 17.1. The quantitative estimate of drug-likeness (QED) is 0.373. The zero-order valence-electron chi connectivity index (χ0n) is 14.5. The number of amides is 1. The first-order valence-electron chi connectivity index (χ1n) is 8.13. The molecule has 0 aliphatic heterocycles. The summed E-state index contributed by atoms with van der Waals surface area (Å²) < 4.78 is 32.1. The van der Waals surface area contributed by atoms with Crippen LogP contribution in [0.25, 0.3) is 17.4 Å². The number of carbonyl (C=O) groups is 1. The van der Waals surface area contributed by atoms with Crippen molar-refractivity contribution >= 4 is 58.2 Å². The molecule has 0 atom stereocenters. The Bertz CT molecular complexity index is 1120. The van der Waals surface area contributed by atoms with Gasteiger partial charge in [0.2, 0.25) is 5.91 Å². The van der Waals surface area contributed by atoms with Crippen LogP contribution in [0.2, 0.25) is 10.0 Å². The lowest BCUT2D eigenvalue weighted by Gasteiger charge is -2.08. The Morgan fingerprint density at radius 2 is 1.90 bits per heavy atom. The summed E-state index contributed by atoms with van der Waals surface area (Å²) in [5.41, 5.74) is 0.560. The fraction of sp³-hybridized carbons (Fsp3) is 0. The standard InChI is InChI=1S/C20H12Cl2F2N2O2S/c21-14-3-1-2-13(19(14)22)17-8-5-12(28-17)6-9-18(27)26-20(29)25-16-7-4-11(23)10-15(16)24/h1-10H,(H2,25,26,27,29). The first-order valence-corrected chi connectivity index (χ1v) is 9.29. The average Bonchev–Trinajstić information content (AvgIpc) is 3.13. The van der Waals surface area contributed by atoms with E-state index >= 15 is 0 Å². The van der Waals surface area contributed by atoms with E-state index in [4.69, 9.17) is 39.8 Å². The molecule has 3 rings (SSSR count). The van der Waals surface area contributed by atoms with Crippen molar-refractivity contribution in [3.05, 3.63) is 82.0 Å². The van der Waals surface area contributed by atoms with Crippen molar-refractivity contribution in [1.82, 2.24) is 5.32 Å². The van der Waals surface area contributed by atoms with Crippen LogP contribution in [0.5, 0.6) is 0 Å². The Balaban J connectivity index is 1.61. The number of furan rings is 1. The molecule has 0 aliphatic rings. The summed E-state index contributed by atoms with van der Waals surface area (Å²) in [5, 5.41) is 5.44. The molecule has 0 fully saturated rings. The molecule has 29 heavy (non-hydrogen) atoms. The number of anilines is 1. The van der Waals surface area contributed by atoms with Crippen LogP contribution in [0, 0.1) is 11.6 Å². The largest absolute Gasteiger partial charge is 0.457 e. The zero-order chi connectivity index (χ0) is 21.0. The van der Waals surface area contributed by atoms with E-state index in [9.17, 15) is 13.6 Å². The minimum atomic E-state index is -0.833. The first-order chi connectivity index (χ1) is 13.8. The van der Waals surface area contributed by atoms with Gasteiger partial charge in [-0.05, 0) is 54.7 Å². The topological polar surface area (TPSA) is 54.3 Å². The second-order valence-corrected chi connectivity index (χ2v) is 6.90. The number of halogens is 4. The van der Waals surface area contributed by atoms with Gasteiger partial charge in [0.25, 0.3) is 0 Å². The second kappa shape index (κ2) is 9.17. The maximum absolute atomic E-state index is 13.6. The highest BCUT2D eigenvalue weighted by Gasteiger charge is 2.11. The van der Waals surface area contributed by atoms with E-state index < -0.39 is 17.5 Å². The van der Waals surface area contributed by atoms with Gasteiger partial charge in [0, 0.05) is 17.7 Å². The van der Waals surface area contributed by atoms with Crippen molar-refractivity contribution in [3.8, 4) is 11.3 Å². The molecule has 0 bridgehead atoms. The highest BCUT2D eigenvalue weighted by Crippen LogP contribution is 2.34. The molecule has 1 aromatic heterocycles. The van der Waals surface area contributed by atoms with E-state index in [1.807, 2.05) is 0 Å². The predicted octanol–water partition coefficient (Wildman–Crippen LogP) is 6.06. The molecule has 2 N–H and O–H groups in total. The summed E-state index contributed by atoms with van der Waals surface area (Å²) in [4.78, 5) is 12.0.